The van der Waals surface area contributed by atoms with Crippen LogP contribution in [-0.4, -0.2) is 48.8 Å². The normalized spacial score (nSPS) is 19.1. The van der Waals surface area contributed by atoms with Crippen molar-refractivity contribution in [2.75, 3.05) is 32.8 Å². The first-order valence-electron chi connectivity index (χ1n) is 8.55. The number of aliphatic hydroxyl groups excluding tert-OH is 1. The molecule has 3 heteroatoms. The summed E-state index contributed by atoms with van der Waals surface area (Å²) in [5.41, 5.74) is 2.72. The number of hydrogen-bond donors (Lipinski definition) is 2. The van der Waals surface area contributed by atoms with Crippen molar-refractivity contribution < 1.29 is 5.11 Å². The first-order valence-corrected chi connectivity index (χ1v) is 8.55. The summed E-state index contributed by atoms with van der Waals surface area (Å²) in [7, 11) is 0. The summed E-state index contributed by atoms with van der Waals surface area (Å²) in [4.78, 5) is 2.54. The topological polar surface area (TPSA) is 35.5 Å². The minimum Gasteiger partial charge on any atom is -0.396 e. The van der Waals surface area contributed by atoms with E-state index in [9.17, 15) is 5.11 Å². The van der Waals surface area contributed by atoms with Crippen LogP contribution in [0.4, 0.5) is 0 Å². The molecular formula is C20H26N2O. The quantitative estimate of drug-likeness (QED) is 0.860. The number of rotatable bonds is 6. The summed E-state index contributed by atoms with van der Waals surface area (Å²) >= 11 is 0. The third-order valence-electron chi connectivity index (χ3n) is 4.70. The molecule has 0 aromatic heterocycles. The zero-order valence-electron chi connectivity index (χ0n) is 13.6. The van der Waals surface area contributed by atoms with Crippen LogP contribution in [0, 0.1) is 0 Å². The van der Waals surface area contributed by atoms with Crippen LogP contribution in [0.5, 0.6) is 0 Å². The van der Waals surface area contributed by atoms with Gasteiger partial charge in [-0.2, -0.15) is 0 Å². The third-order valence-corrected chi connectivity index (χ3v) is 4.70. The van der Waals surface area contributed by atoms with Crippen molar-refractivity contribution in [3.63, 3.8) is 0 Å². The number of nitrogens with one attached hydrogen (secondary N) is 1. The van der Waals surface area contributed by atoms with Crippen LogP contribution >= 0.6 is 0 Å². The Kier molecular flexibility index (Phi) is 5.81. The van der Waals surface area contributed by atoms with Gasteiger partial charge in [0.1, 0.15) is 0 Å². The number of piperazine rings is 1. The van der Waals surface area contributed by atoms with Gasteiger partial charge in [-0.3, -0.25) is 4.90 Å². The monoisotopic (exact) mass is 310 g/mol. The second kappa shape index (κ2) is 8.25. The van der Waals surface area contributed by atoms with Crippen LogP contribution in [0.25, 0.3) is 0 Å². The molecule has 1 aliphatic heterocycles. The maximum Gasteiger partial charge on any atom is 0.0443 e. The van der Waals surface area contributed by atoms with Gasteiger partial charge in [0.05, 0.1) is 0 Å². The van der Waals surface area contributed by atoms with Gasteiger partial charge >= 0.3 is 0 Å². The summed E-state index contributed by atoms with van der Waals surface area (Å²) in [5, 5.41) is 12.8. The molecule has 0 saturated carbocycles. The van der Waals surface area contributed by atoms with Gasteiger partial charge in [0, 0.05) is 44.7 Å². The van der Waals surface area contributed by atoms with Gasteiger partial charge < -0.3 is 10.4 Å². The van der Waals surface area contributed by atoms with Crippen molar-refractivity contribution >= 4 is 0 Å². The fourth-order valence-corrected chi connectivity index (χ4v) is 3.61. The average Bonchev–Trinajstić information content (AvgIpc) is 2.63. The Hall–Kier alpha value is -1.68. The number of benzene rings is 2. The number of nitrogens with zero attached hydrogens (tertiary/aromatic N) is 1. The predicted molar refractivity (Wildman–Crippen MR) is 94.7 cm³/mol. The molecule has 1 saturated heterocycles. The van der Waals surface area contributed by atoms with E-state index in [4.69, 9.17) is 0 Å². The van der Waals surface area contributed by atoms with E-state index in [1.165, 1.54) is 11.1 Å². The van der Waals surface area contributed by atoms with E-state index in [0.717, 1.165) is 32.6 Å². The first kappa shape index (κ1) is 16.2. The van der Waals surface area contributed by atoms with Crippen molar-refractivity contribution in [3.05, 3.63) is 71.8 Å². The summed E-state index contributed by atoms with van der Waals surface area (Å²) in [5.74, 6) is 0.351. The van der Waals surface area contributed by atoms with Gasteiger partial charge in [-0.1, -0.05) is 60.7 Å². The minimum atomic E-state index is 0.262. The van der Waals surface area contributed by atoms with Gasteiger partial charge in [0.15, 0.2) is 0 Å². The highest BCUT2D eigenvalue weighted by Gasteiger charge is 2.31. The molecule has 23 heavy (non-hydrogen) atoms. The van der Waals surface area contributed by atoms with Gasteiger partial charge in [-0.25, -0.2) is 0 Å². The molecule has 0 spiro atoms. The van der Waals surface area contributed by atoms with Crippen molar-refractivity contribution in [1.29, 1.82) is 0 Å². The Bertz CT molecular complexity index is 533. The van der Waals surface area contributed by atoms with E-state index in [2.05, 4.69) is 70.9 Å². The number of aliphatic hydroxyl groups is 1. The van der Waals surface area contributed by atoms with Crippen LogP contribution in [-0.2, 0) is 0 Å². The zero-order valence-corrected chi connectivity index (χ0v) is 13.6. The molecule has 0 radical (unpaired) electrons. The highest BCUT2D eigenvalue weighted by atomic mass is 16.3. The first-order chi connectivity index (χ1) is 11.4. The highest BCUT2D eigenvalue weighted by Crippen LogP contribution is 2.31. The molecule has 1 heterocycles. The molecule has 2 N–H and O–H groups in total. The van der Waals surface area contributed by atoms with E-state index in [0.29, 0.717) is 12.0 Å². The minimum absolute atomic E-state index is 0.262. The molecule has 3 rings (SSSR count). The molecular weight excluding hydrogens is 284 g/mol. The Balaban J connectivity index is 1.93. The maximum absolute atomic E-state index is 9.21. The van der Waals surface area contributed by atoms with E-state index in [-0.39, 0.29) is 6.61 Å². The van der Waals surface area contributed by atoms with Crippen LogP contribution < -0.4 is 5.32 Å². The fourth-order valence-electron chi connectivity index (χ4n) is 3.61. The summed E-state index contributed by atoms with van der Waals surface area (Å²) < 4.78 is 0. The van der Waals surface area contributed by atoms with Crippen molar-refractivity contribution in [2.24, 2.45) is 0 Å². The lowest BCUT2D eigenvalue weighted by molar-refractivity contribution is 0.134. The van der Waals surface area contributed by atoms with E-state index >= 15 is 0 Å². The molecule has 1 aliphatic rings. The van der Waals surface area contributed by atoms with Gasteiger partial charge in [0.25, 0.3) is 0 Å². The Morgan fingerprint density at radius 1 is 1.00 bits per heavy atom. The molecule has 1 atom stereocenters. The molecule has 2 aromatic rings. The molecule has 0 amide bonds. The van der Waals surface area contributed by atoms with Crippen LogP contribution in [0.15, 0.2) is 60.7 Å². The number of hydrogen-bond acceptors (Lipinski definition) is 3. The van der Waals surface area contributed by atoms with Crippen molar-refractivity contribution in [2.45, 2.75) is 18.4 Å². The van der Waals surface area contributed by atoms with Crippen LogP contribution in [0.3, 0.4) is 0 Å². The SMILES string of the molecule is OCCCN1CCNCC1C(c1ccccc1)c1ccccc1. The van der Waals surface area contributed by atoms with Crippen molar-refractivity contribution in [3.8, 4) is 0 Å². The van der Waals surface area contributed by atoms with Gasteiger partial charge in [0.2, 0.25) is 0 Å². The Morgan fingerprint density at radius 2 is 1.61 bits per heavy atom. The smallest absolute Gasteiger partial charge is 0.0443 e. The van der Waals surface area contributed by atoms with Crippen LogP contribution in [0.1, 0.15) is 23.5 Å². The second-order valence-corrected chi connectivity index (χ2v) is 6.18. The molecule has 3 nitrogen and oxygen atoms in total. The summed E-state index contributed by atoms with van der Waals surface area (Å²) in [6, 6.07) is 22.0. The second-order valence-electron chi connectivity index (χ2n) is 6.18. The third kappa shape index (κ3) is 3.99. The summed E-state index contributed by atoms with van der Waals surface area (Å²) in [6.07, 6.45) is 0.840. The maximum atomic E-state index is 9.21. The lowest BCUT2D eigenvalue weighted by Gasteiger charge is -2.41. The standard InChI is InChI=1S/C20H26N2O/c23-15-7-13-22-14-12-21-16-19(22)20(17-8-3-1-4-9-17)18-10-5-2-6-11-18/h1-6,8-11,19-21,23H,7,12-16H2. The van der Waals surface area contributed by atoms with E-state index < -0.39 is 0 Å². The van der Waals surface area contributed by atoms with Crippen molar-refractivity contribution in [1.82, 2.24) is 10.2 Å². The lowest BCUT2D eigenvalue weighted by Crippen LogP contribution is -2.54. The Morgan fingerprint density at radius 3 is 2.17 bits per heavy atom. The lowest BCUT2D eigenvalue weighted by atomic mass is 9.83. The van der Waals surface area contributed by atoms with Crippen LogP contribution in [0.2, 0.25) is 0 Å². The molecule has 2 aromatic carbocycles. The molecule has 0 aliphatic carbocycles. The van der Waals surface area contributed by atoms with E-state index in [1.54, 1.807) is 0 Å². The summed E-state index contributed by atoms with van der Waals surface area (Å²) in [6.45, 7) is 4.27. The molecule has 1 fully saturated rings. The van der Waals surface area contributed by atoms with E-state index in [1.807, 2.05) is 0 Å². The molecule has 122 valence electrons. The average molecular weight is 310 g/mol. The zero-order chi connectivity index (χ0) is 15.9. The highest BCUT2D eigenvalue weighted by molar-refractivity contribution is 5.34. The largest absolute Gasteiger partial charge is 0.396 e. The molecule has 0 bridgehead atoms. The fraction of sp³-hybridized carbons (Fsp3) is 0.400. The molecule has 1 unspecified atom stereocenters. The predicted octanol–water partition coefficient (Wildman–Crippen LogP) is 2.47. The van der Waals surface area contributed by atoms with Gasteiger partial charge in [-0.15, -0.1) is 0 Å². The van der Waals surface area contributed by atoms with Gasteiger partial charge in [-0.05, 0) is 17.5 Å². The Labute approximate surface area is 139 Å².